The van der Waals surface area contributed by atoms with Crippen LogP contribution in [0.4, 0.5) is 4.79 Å². The van der Waals surface area contributed by atoms with Crippen molar-refractivity contribution in [2.45, 2.75) is 19.8 Å². The monoisotopic (exact) mass is 255 g/mol. The normalized spacial score (nSPS) is 10.0. The van der Waals surface area contributed by atoms with Crippen LogP contribution in [0.1, 0.15) is 29.4 Å². The number of Topliss-reactive ketones (excluding diaryl/α,β-unsaturated/α-hetero) is 1. The lowest BCUT2D eigenvalue weighted by Crippen LogP contribution is -2.29. The number of carbonyl (C=O) groups excluding carboxylic acids is 2. The minimum Gasteiger partial charge on any atom is -0.449 e. The quantitative estimate of drug-likeness (QED) is 0.734. The third-order valence-corrected chi connectivity index (χ3v) is 3.12. The minimum atomic E-state index is -0.370. The van der Waals surface area contributed by atoms with Gasteiger partial charge in [0.05, 0.1) is 11.5 Å². The van der Waals surface area contributed by atoms with Crippen molar-refractivity contribution in [1.29, 1.82) is 0 Å². The van der Waals surface area contributed by atoms with E-state index in [0.717, 1.165) is 11.3 Å². The Morgan fingerprint density at radius 3 is 2.82 bits per heavy atom. The zero-order valence-corrected chi connectivity index (χ0v) is 11.0. The highest BCUT2D eigenvalue weighted by atomic mass is 32.1. The summed E-state index contributed by atoms with van der Waals surface area (Å²) in [5.74, 6) is 0.0649. The Morgan fingerprint density at radius 2 is 2.24 bits per heavy atom. The Morgan fingerprint density at radius 1 is 1.47 bits per heavy atom. The highest BCUT2D eigenvalue weighted by molar-refractivity contribution is 7.12. The van der Waals surface area contributed by atoms with Gasteiger partial charge in [-0.15, -0.1) is 11.3 Å². The Balaban J connectivity index is 2.30. The van der Waals surface area contributed by atoms with Gasteiger partial charge in [-0.05, 0) is 17.9 Å². The first-order valence-electron chi connectivity index (χ1n) is 5.59. The van der Waals surface area contributed by atoms with E-state index in [1.54, 1.807) is 13.1 Å². The van der Waals surface area contributed by atoms with Crippen LogP contribution in [0.2, 0.25) is 0 Å². The Hall–Kier alpha value is -1.36. The Labute approximate surface area is 105 Å². The van der Waals surface area contributed by atoms with E-state index >= 15 is 0 Å². The molecule has 1 aromatic heterocycles. The van der Waals surface area contributed by atoms with E-state index in [-0.39, 0.29) is 11.9 Å². The van der Waals surface area contributed by atoms with E-state index < -0.39 is 0 Å². The zero-order valence-electron chi connectivity index (χ0n) is 10.1. The van der Waals surface area contributed by atoms with Gasteiger partial charge in [0.15, 0.2) is 5.78 Å². The molecule has 0 saturated carbocycles. The molecule has 0 atom stereocenters. The second-order valence-electron chi connectivity index (χ2n) is 3.69. The van der Waals surface area contributed by atoms with Crippen LogP contribution in [0.5, 0.6) is 0 Å². The van der Waals surface area contributed by atoms with Crippen molar-refractivity contribution in [1.82, 2.24) is 4.90 Å². The predicted octanol–water partition coefficient (Wildman–Crippen LogP) is 2.80. The maximum atomic E-state index is 11.7. The van der Waals surface area contributed by atoms with Crippen LogP contribution >= 0.6 is 11.3 Å². The first kappa shape index (κ1) is 13.7. The lowest BCUT2D eigenvalue weighted by atomic mass is 10.2. The predicted molar refractivity (Wildman–Crippen MR) is 67.5 cm³/mol. The van der Waals surface area contributed by atoms with Gasteiger partial charge in [0.25, 0.3) is 0 Å². The van der Waals surface area contributed by atoms with Crippen molar-refractivity contribution in [3.8, 4) is 0 Å². The second-order valence-corrected chi connectivity index (χ2v) is 4.63. The smallest absolute Gasteiger partial charge is 0.409 e. The first-order chi connectivity index (χ1) is 8.15. The third kappa shape index (κ3) is 4.56. The van der Waals surface area contributed by atoms with Gasteiger partial charge in [0, 0.05) is 20.0 Å². The molecular formula is C12H17NO3S. The summed E-state index contributed by atoms with van der Waals surface area (Å²) in [5.41, 5.74) is 0. The van der Waals surface area contributed by atoms with Crippen molar-refractivity contribution < 1.29 is 14.3 Å². The van der Waals surface area contributed by atoms with Gasteiger partial charge in [-0.2, -0.15) is 0 Å². The van der Waals surface area contributed by atoms with Crippen molar-refractivity contribution in [3.63, 3.8) is 0 Å². The zero-order chi connectivity index (χ0) is 12.7. The highest BCUT2D eigenvalue weighted by Crippen LogP contribution is 2.11. The Bertz CT molecular complexity index is 362. The molecule has 1 heterocycles. The van der Waals surface area contributed by atoms with E-state index in [1.165, 1.54) is 16.2 Å². The molecule has 0 saturated heterocycles. The first-order valence-corrected chi connectivity index (χ1v) is 6.47. The van der Waals surface area contributed by atoms with E-state index in [9.17, 15) is 9.59 Å². The average molecular weight is 255 g/mol. The second kappa shape index (κ2) is 7.06. The van der Waals surface area contributed by atoms with Crippen LogP contribution in [0.3, 0.4) is 0 Å². The number of nitrogens with zero attached hydrogens (tertiary/aromatic N) is 1. The van der Waals surface area contributed by atoms with E-state index in [0.29, 0.717) is 19.6 Å². The molecule has 0 aromatic carbocycles. The van der Waals surface area contributed by atoms with Crippen LogP contribution in [0.25, 0.3) is 0 Å². The molecule has 0 unspecified atom stereocenters. The lowest BCUT2D eigenvalue weighted by Gasteiger charge is -2.15. The van der Waals surface area contributed by atoms with E-state index in [2.05, 4.69) is 0 Å². The summed E-state index contributed by atoms with van der Waals surface area (Å²) in [4.78, 5) is 25.2. The Kier molecular flexibility index (Phi) is 5.69. The number of hydrogen-bond donors (Lipinski definition) is 0. The molecule has 0 fully saturated rings. The number of ether oxygens (including phenoxy) is 1. The molecule has 94 valence electrons. The number of hydrogen-bond acceptors (Lipinski definition) is 4. The van der Waals surface area contributed by atoms with Gasteiger partial charge in [-0.3, -0.25) is 4.79 Å². The molecule has 1 aromatic rings. The number of amides is 1. The van der Waals surface area contributed by atoms with Crippen molar-refractivity contribution in [2.24, 2.45) is 0 Å². The molecule has 1 amide bonds. The maximum Gasteiger partial charge on any atom is 0.409 e. The molecule has 0 bridgehead atoms. The number of ketones is 1. The maximum absolute atomic E-state index is 11.7. The molecule has 0 radical (unpaired) electrons. The molecule has 0 spiro atoms. The molecule has 17 heavy (non-hydrogen) atoms. The van der Waals surface area contributed by atoms with Crippen molar-refractivity contribution >= 4 is 23.2 Å². The number of carbonyl (C=O) groups is 2. The summed E-state index contributed by atoms with van der Waals surface area (Å²) in [6.07, 6.45) is 0.761. The van der Waals surface area contributed by atoms with E-state index in [4.69, 9.17) is 4.74 Å². The fourth-order valence-corrected chi connectivity index (χ4v) is 1.91. The number of thiophene rings is 1. The average Bonchev–Trinajstić information content (AvgIpc) is 2.86. The van der Waals surface area contributed by atoms with Gasteiger partial charge < -0.3 is 9.64 Å². The molecule has 5 heteroatoms. The molecule has 0 aliphatic heterocycles. The summed E-state index contributed by atoms with van der Waals surface area (Å²) >= 11 is 1.42. The van der Waals surface area contributed by atoms with Gasteiger partial charge >= 0.3 is 6.09 Å². The van der Waals surface area contributed by atoms with Gasteiger partial charge in [0.2, 0.25) is 0 Å². The van der Waals surface area contributed by atoms with Crippen LogP contribution in [0, 0.1) is 0 Å². The molecule has 0 N–H and O–H groups in total. The fourth-order valence-electron chi connectivity index (χ4n) is 1.22. The summed E-state index contributed by atoms with van der Waals surface area (Å²) in [6, 6.07) is 3.64. The van der Waals surface area contributed by atoms with Gasteiger partial charge in [-0.1, -0.05) is 13.0 Å². The van der Waals surface area contributed by atoms with Crippen LogP contribution in [-0.2, 0) is 4.74 Å². The van der Waals surface area contributed by atoms with Gasteiger partial charge in [0.1, 0.15) is 0 Å². The van der Waals surface area contributed by atoms with Crippen LogP contribution in [0.15, 0.2) is 17.5 Å². The van der Waals surface area contributed by atoms with Crippen molar-refractivity contribution in [2.75, 3.05) is 20.2 Å². The van der Waals surface area contributed by atoms with Crippen LogP contribution in [-0.4, -0.2) is 37.0 Å². The van der Waals surface area contributed by atoms with Crippen molar-refractivity contribution in [3.05, 3.63) is 22.4 Å². The third-order valence-electron chi connectivity index (χ3n) is 2.21. The molecule has 1 rings (SSSR count). The highest BCUT2D eigenvalue weighted by Gasteiger charge is 2.12. The molecule has 0 aliphatic carbocycles. The van der Waals surface area contributed by atoms with Gasteiger partial charge in [-0.25, -0.2) is 4.79 Å². The minimum absolute atomic E-state index is 0.0649. The summed E-state index contributed by atoms with van der Waals surface area (Å²) in [5, 5.41) is 1.87. The largest absolute Gasteiger partial charge is 0.449 e. The molecule has 4 nitrogen and oxygen atoms in total. The fraction of sp³-hybridized carbons (Fsp3) is 0.500. The van der Waals surface area contributed by atoms with E-state index in [1.807, 2.05) is 18.4 Å². The standard InChI is InChI=1S/C12H17NO3S/c1-3-8-16-12(15)13(2)7-6-10(14)11-5-4-9-17-11/h4-5,9H,3,6-8H2,1-2H3. The lowest BCUT2D eigenvalue weighted by molar-refractivity contribution is 0.0943. The topological polar surface area (TPSA) is 46.6 Å². The molecular weight excluding hydrogens is 238 g/mol. The summed E-state index contributed by atoms with van der Waals surface area (Å²) < 4.78 is 4.95. The number of rotatable bonds is 6. The van der Waals surface area contributed by atoms with Crippen LogP contribution < -0.4 is 0 Å². The SMILES string of the molecule is CCCOC(=O)N(C)CCC(=O)c1cccs1. The summed E-state index contributed by atoms with van der Waals surface area (Å²) in [6.45, 7) is 2.74. The summed E-state index contributed by atoms with van der Waals surface area (Å²) in [7, 11) is 1.64. The molecule has 0 aliphatic rings.